The molecule has 1 unspecified atom stereocenters. The number of carbonyl (C=O) groups is 2. The Morgan fingerprint density at radius 2 is 1.97 bits per heavy atom. The summed E-state index contributed by atoms with van der Waals surface area (Å²) < 4.78 is 16.3. The summed E-state index contributed by atoms with van der Waals surface area (Å²) in [4.78, 5) is 30.5. The molecule has 4 rings (SSSR count). The Kier molecular flexibility index (Phi) is 4.97. The van der Waals surface area contributed by atoms with Gasteiger partial charge >= 0.3 is 0 Å². The number of allylic oxidation sites excluding steroid dienone is 1. The first kappa shape index (κ1) is 19.9. The number of benzene rings is 1. The molecule has 1 atom stereocenters. The maximum absolute atomic E-state index is 14.6. The van der Waals surface area contributed by atoms with Crippen LogP contribution >= 0.6 is 0 Å². The zero-order valence-electron chi connectivity index (χ0n) is 17.1. The Hall–Kier alpha value is -3.36. The molecule has 0 aliphatic carbocycles. The second-order valence-corrected chi connectivity index (χ2v) is 7.43. The number of ketones is 1. The molecule has 1 amide bonds. The first-order chi connectivity index (χ1) is 14.4. The third-order valence-corrected chi connectivity index (χ3v) is 6.11. The van der Waals surface area contributed by atoms with E-state index >= 15 is 0 Å². The van der Waals surface area contributed by atoms with E-state index in [-0.39, 0.29) is 11.5 Å². The maximum atomic E-state index is 14.6. The average Bonchev–Trinajstić information content (AvgIpc) is 3.41. The summed E-state index contributed by atoms with van der Waals surface area (Å²) in [6.07, 6.45) is 5.29. The molecule has 0 fully saturated rings. The SMILES string of the molecule is CCn1ncc2c(F)cc(C3=CC(=O)C(C(CC)(CC)c4ncn[nH]4)C(=O)N3)cc21. The van der Waals surface area contributed by atoms with Crippen molar-refractivity contribution in [3.8, 4) is 0 Å². The van der Waals surface area contributed by atoms with Crippen molar-refractivity contribution in [3.05, 3.63) is 47.9 Å². The van der Waals surface area contributed by atoms with Crippen LogP contribution in [-0.2, 0) is 21.5 Å². The number of aromatic nitrogens is 5. The molecule has 3 heterocycles. The number of nitrogens with one attached hydrogen (secondary N) is 2. The van der Waals surface area contributed by atoms with Gasteiger partial charge in [-0.15, -0.1) is 0 Å². The highest BCUT2D eigenvalue weighted by atomic mass is 19.1. The van der Waals surface area contributed by atoms with Crippen LogP contribution in [-0.4, -0.2) is 36.7 Å². The third kappa shape index (κ3) is 2.92. The van der Waals surface area contributed by atoms with Crippen LogP contribution in [0, 0.1) is 11.7 Å². The van der Waals surface area contributed by atoms with Crippen molar-refractivity contribution < 1.29 is 14.0 Å². The van der Waals surface area contributed by atoms with Crippen LogP contribution in [0.15, 0.2) is 30.7 Å². The van der Waals surface area contributed by atoms with Gasteiger partial charge in [-0.2, -0.15) is 10.2 Å². The van der Waals surface area contributed by atoms with E-state index in [2.05, 4.69) is 25.6 Å². The fourth-order valence-electron chi connectivity index (χ4n) is 4.39. The lowest BCUT2D eigenvalue weighted by Crippen LogP contribution is -2.50. The average molecular weight is 410 g/mol. The number of H-pyrrole nitrogens is 1. The van der Waals surface area contributed by atoms with Gasteiger partial charge in [0.15, 0.2) is 5.78 Å². The lowest BCUT2D eigenvalue weighted by molar-refractivity contribution is -0.135. The van der Waals surface area contributed by atoms with E-state index in [1.165, 1.54) is 24.7 Å². The summed E-state index contributed by atoms with van der Waals surface area (Å²) in [5, 5.41) is 14.1. The standard InChI is InChI=1S/C21H23FN6O2/c1-4-21(5-2,20-23-11-24-27-20)18-17(29)9-15(26-19(18)30)12-7-14(22)13-10-25-28(6-3)16(13)8-12/h7-11,18H,4-6H2,1-3H3,(H,26,30)(H,23,24,27). The largest absolute Gasteiger partial charge is 0.325 e. The van der Waals surface area contributed by atoms with Gasteiger partial charge in [-0.05, 0) is 31.9 Å². The Bertz CT molecular complexity index is 1140. The second kappa shape index (κ2) is 7.47. The van der Waals surface area contributed by atoms with Crippen molar-refractivity contribution in [2.75, 3.05) is 0 Å². The minimum atomic E-state index is -0.945. The summed E-state index contributed by atoms with van der Waals surface area (Å²) in [6, 6.07) is 3.05. The van der Waals surface area contributed by atoms with E-state index in [1.54, 1.807) is 10.7 Å². The Balaban J connectivity index is 1.77. The van der Waals surface area contributed by atoms with Crippen molar-refractivity contribution in [2.24, 2.45) is 5.92 Å². The Labute approximate surface area is 172 Å². The van der Waals surface area contributed by atoms with Gasteiger partial charge in [-0.1, -0.05) is 13.8 Å². The quantitative estimate of drug-likeness (QED) is 0.608. The number of hydrogen-bond donors (Lipinski definition) is 2. The maximum Gasteiger partial charge on any atom is 0.236 e. The summed E-state index contributed by atoms with van der Waals surface area (Å²) in [6.45, 7) is 6.32. The van der Waals surface area contributed by atoms with Crippen molar-refractivity contribution in [1.82, 2.24) is 30.3 Å². The van der Waals surface area contributed by atoms with Crippen molar-refractivity contribution in [1.29, 1.82) is 0 Å². The fraction of sp³-hybridized carbons (Fsp3) is 0.381. The van der Waals surface area contributed by atoms with Crippen molar-refractivity contribution >= 4 is 28.3 Å². The zero-order valence-corrected chi connectivity index (χ0v) is 17.1. The molecular formula is C21H23FN6O2. The van der Waals surface area contributed by atoms with Gasteiger partial charge < -0.3 is 5.32 Å². The normalized spacial score (nSPS) is 17.3. The smallest absolute Gasteiger partial charge is 0.236 e. The van der Waals surface area contributed by atoms with Crippen molar-refractivity contribution in [3.63, 3.8) is 0 Å². The van der Waals surface area contributed by atoms with Crippen LogP contribution in [0.1, 0.15) is 45.0 Å². The molecule has 1 aliphatic rings. The number of hydrogen-bond acceptors (Lipinski definition) is 5. The van der Waals surface area contributed by atoms with Crippen LogP contribution in [0.2, 0.25) is 0 Å². The van der Waals surface area contributed by atoms with Crippen LogP contribution in [0.4, 0.5) is 4.39 Å². The minimum Gasteiger partial charge on any atom is -0.325 e. The Morgan fingerprint density at radius 1 is 1.20 bits per heavy atom. The molecule has 2 aromatic heterocycles. The van der Waals surface area contributed by atoms with E-state index in [0.717, 1.165) is 0 Å². The topological polar surface area (TPSA) is 106 Å². The van der Waals surface area contributed by atoms with E-state index in [4.69, 9.17) is 0 Å². The number of carbonyl (C=O) groups excluding carboxylic acids is 2. The molecule has 1 aromatic carbocycles. The highest BCUT2D eigenvalue weighted by Crippen LogP contribution is 2.40. The molecule has 3 aromatic rings. The highest BCUT2D eigenvalue weighted by Gasteiger charge is 2.49. The molecule has 0 spiro atoms. The van der Waals surface area contributed by atoms with Gasteiger partial charge in [0.05, 0.1) is 22.8 Å². The first-order valence-corrected chi connectivity index (χ1v) is 10.0. The van der Waals surface area contributed by atoms with Crippen LogP contribution in [0.3, 0.4) is 0 Å². The molecule has 156 valence electrons. The summed E-state index contributed by atoms with van der Waals surface area (Å²) in [5.41, 5.74) is 0.518. The number of aryl methyl sites for hydroxylation is 1. The Morgan fingerprint density at radius 3 is 2.57 bits per heavy atom. The molecule has 8 nitrogen and oxygen atoms in total. The first-order valence-electron chi connectivity index (χ1n) is 10.0. The lowest BCUT2D eigenvalue weighted by Gasteiger charge is -2.37. The van der Waals surface area contributed by atoms with E-state index in [0.29, 0.717) is 41.7 Å². The summed E-state index contributed by atoms with van der Waals surface area (Å²) in [5.74, 6) is -1.65. The van der Waals surface area contributed by atoms with E-state index in [1.807, 2.05) is 20.8 Å². The van der Waals surface area contributed by atoms with Gasteiger partial charge in [-0.25, -0.2) is 9.37 Å². The van der Waals surface area contributed by atoms with Crippen LogP contribution in [0.5, 0.6) is 0 Å². The van der Waals surface area contributed by atoms with Gasteiger partial charge in [0.2, 0.25) is 5.91 Å². The van der Waals surface area contributed by atoms with Gasteiger partial charge in [0.1, 0.15) is 23.9 Å². The highest BCUT2D eigenvalue weighted by molar-refractivity contribution is 6.16. The molecule has 2 N–H and O–H groups in total. The van der Waals surface area contributed by atoms with Gasteiger partial charge in [0, 0.05) is 23.6 Å². The molecular weight excluding hydrogens is 387 g/mol. The van der Waals surface area contributed by atoms with E-state index < -0.39 is 23.1 Å². The van der Waals surface area contributed by atoms with Crippen molar-refractivity contribution in [2.45, 2.75) is 45.6 Å². The fourth-order valence-corrected chi connectivity index (χ4v) is 4.39. The molecule has 1 aliphatic heterocycles. The monoisotopic (exact) mass is 410 g/mol. The molecule has 0 saturated carbocycles. The van der Waals surface area contributed by atoms with Gasteiger partial charge in [0.25, 0.3) is 0 Å². The predicted molar refractivity (Wildman–Crippen MR) is 109 cm³/mol. The zero-order chi connectivity index (χ0) is 21.5. The minimum absolute atomic E-state index is 0.282. The number of aromatic amines is 1. The lowest BCUT2D eigenvalue weighted by atomic mass is 9.67. The summed E-state index contributed by atoms with van der Waals surface area (Å²) in [7, 11) is 0. The van der Waals surface area contributed by atoms with E-state index in [9.17, 15) is 14.0 Å². The van der Waals surface area contributed by atoms with Crippen LogP contribution < -0.4 is 5.32 Å². The number of nitrogens with zero attached hydrogens (tertiary/aromatic N) is 4. The molecule has 30 heavy (non-hydrogen) atoms. The number of rotatable bonds is 6. The molecule has 0 saturated heterocycles. The number of fused-ring (bicyclic) bond motifs is 1. The third-order valence-electron chi connectivity index (χ3n) is 6.11. The molecule has 0 radical (unpaired) electrons. The van der Waals surface area contributed by atoms with Crippen LogP contribution in [0.25, 0.3) is 16.6 Å². The molecule has 0 bridgehead atoms. The number of amides is 1. The number of halogens is 1. The molecule has 9 heteroatoms. The van der Waals surface area contributed by atoms with Gasteiger partial charge in [-0.3, -0.25) is 19.4 Å². The predicted octanol–water partition coefficient (Wildman–Crippen LogP) is 2.73. The second-order valence-electron chi connectivity index (χ2n) is 7.43. The summed E-state index contributed by atoms with van der Waals surface area (Å²) >= 11 is 0.